The molecule has 0 aliphatic rings. The Labute approximate surface area is 155 Å². The summed E-state index contributed by atoms with van der Waals surface area (Å²) in [5.74, 6) is -0.0603. The van der Waals surface area contributed by atoms with Gasteiger partial charge in [-0.1, -0.05) is 41.9 Å². The van der Waals surface area contributed by atoms with Gasteiger partial charge >= 0.3 is 6.03 Å². The van der Waals surface area contributed by atoms with E-state index in [2.05, 4.69) is 15.7 Å². The highest BCUT2D eigenvalue weighted by atomic mass is 35.5. The molecule has 0 fully saturated rings. The van der Waals surface area contributed by atoms with E-state index in [1.807, 2.05) is 24.3 Å². The number of nitrogens with one attached hydrogen (secondary N) is 2. The zero-order chi connectivity index (χ0) is 18.5. The summed E-state index contributed by atoms with van der Waals surface area (Å²) < 4.78 is 1.69. The highest BCUT2D eigenvalue weighted by Gasteiger charge is 2.07. The Morgan fingerprint density at radius 1 is 1.08 bits per heavy atom. The van der Waals surface area contributed by atoms with Gasteiger partial charge in [0.1, 0.15) is 0 Å². The number of amides is 2. The topological polar surface area (TPSA) is 76.0 Å². The predicted octanol–water partition coefficient (Wildman–Crippen LogP) is 4.43. The minimum Gasteiger partial charge on any atom is -0.308 e. The predicted molar refractivity (Wildman–Crippen MR) is 102 cm³/mol. The highest BCUT2D eigenvalue weighted by molar-refractivity contribution is 6.31. The molecule has 0 radical (unpaired) electrons. The van der Waals surface area contributed by atoms with E-state index in [-0.39, 0.29) is 5.78 Å². The summed E-state index contributed by atoms with van der Waals surface area (Å²) in [4.78, 5) is 23.5. The van der Waals surface area contributed by atoms with E-state index in [0.717, 1.165) is 5.56 Å². The molecule has 2 amide bonds. The molecule has 0 atom stereocenters. The van der Waals surface area contributed by atoms with Gasteiger partial charge in [0.15, 0.2) is 5.78 Å². The van der Waals surface area contributed by atoms with E-state index in [4.69, 9.17) is 11.6 Å². The fraction of sp³-hybridized carbons (Fsp3) is 0.105. The van der Waals surface area contributed by atoms with Gasteiger partial charge in [0, 0.05) is 22.5 Å². The molecule has 0 unspecified atom stereocenters. The molecule has 0 aliphatic heterocycles. The summed E-state index contributed by atoms with van der Waals surface area (Å²) in [5, 5.41) is 10.3. The van der Waals surface area contributed by atoms with Gasteiger partial charge < -0.3 is 10.6 Å². The maximum Gasteiger partial charge on any atom is 0.323 e. The van der Waals surface area contributed by atoms with E-state index >= 15 is 0 Å². The largest absolute Gasteiger partial charge is 0.323 e. The third kappa shape index (κ3) is 4.49. The molecule has 0 spiro atoms. The van der Waals surface area contributed by atoms with Gasteiger partial charge in [-0.25, -0.2) is 4.79 Å². The smallest absolute Gasteiger partial charge is 0.308 e. The first-order valence-electron chi connectivity index (χ1n) is 7.96. The monoisotopic (exact) mass is 368 g/mol. The van der Waals surface area contributed by atoms with E-state index in [1.54, 1.807) is 41.3 Å². The molecule has 3 rings (SSSR count). The Morgan fingerprint density at radius 3 is 2.62 bits per heavy atom. The molecule has 1 heterocycles. The number of aromatic nitrogens is 2. The quantitative estimate of drug-likeness (QED) is 0.654. The Morgan fingerprint density at radius 2 is 1.85 bits per heavy atom. The molecular formula is C19H17ClN4O2. The van der Waals surface area contributed by atoms with Crippen LogP contribution >= 0.6 is 11.6 Å². The number of hydrogen-bond acceptors (Lipinski definition) is 3. The minimum atomic E-state index is -0.414. The number of benzene rings is 2. The van der Waals surface area contributed by atoms with Crippen LogP contribution in [0.4, 0.5) is 16.2 Å². The molecule has 0 bridgehead atoms. The van der Waals surface area contributed by atoms with Crippen molar-refractivity contribution >= 4 is 34.8 Å². The summed E-state index contributed by atoms with van der Waals surface area (Å²) in [6.45, 7) is 1.98. The van der Waals surface area contributed by atoms with Gasteiger partial charge in [0.2, 0.25) is 0 Å². The van der Waals surface area contributed by atoms with Gasteiger partial charge in [-0.3, -0.25) is 9.48 Å². The van der Waals surface area contributed by atoms with Gasteiger partial charge in [-0.15, -0.1) is 0 Å². The average molecular weight is 369 g/mol. The molecule has 6 nitrogen and oxygen atoms in total. The second kappa shape index (κ2) is 7.84. The van der Waals surface area contributed by atoms with Crippen LogP contribution in [0.5, 0.6) is 0 Å². The van der Waals surface area contributed by atoms with Crippen LogP contribution in [0.3, 0.4) is 0 Å². The van der Waals surface area contributed by atoms with Crippen LogP contribution in [0.1, 0.15) is 22.8 Å². The van der Waals surface area contributed by atoms with Gasteiger partial charge in [-0.05, 0) is 30.7 Å². The van der Waals surface area contributed by atoms with Gasteiger partial charge in [0.05, 0.1) is 18.4 Å². The van der Waals surface area contributed by atoms with Crippen molar-refractivity contribution in [3.63, 3.8) is 0 Å². The third-order valence-corrected chi connectivity index (χ3v) is 4.08. The lowest BCUT2D eigenvalue weighted by Crippen LogP contribution is -2.19. The summed E-state index contributed by atoms with van der Waals surface area (Å²) in [6.07, 6.45) is 3.28. The van der Waals surface area contributed by atoms with Crippen molar-refractivity contribution in [1.29, 1.82) is 0 Å². The third-order valence-electron chi connectivity index (χ3n) is 3.71. The maximum absolute atomic E-state index is 12.1. The molecule has 0 saturated heterocycles. The highest BCUT2D eigenvalue weighted by Crippen LogP contribution is 2.17. The molecule has 3 aromatic rings. The first kappa shape index (κ1) is 17.7. The second-order valence-corrected chi connectivity index (χ2v) is 6.14. The van der Waals surface area contributed by atoms with Crippen LogP contribution in [0.15, 0.2) is 60.9 Å². The standard InChI is InChI=1S/C19H17ClN4O2/c1-13(25)14-6-4-7-16(9-14)22-19(26)23-17-10-21-24(12-17)11-15-5-2-3-8-18(15)20/h2-10,12H,11H2,1H3,(H2,22,23,26). The van der Waals surface area contributed by atoms with E-state index in [9.17, 15) is 9.59 Å². The molecule has 26 heavy (non-hydrogen) atoms. The number of hydrogen-bond donors (Lipinski definition) is 2. The zero-order valence-electron chi connectivity index (χ0n) is 14.1. The number of Topliss-reactive ketones (excluding diaryl/α,β-unsaturated/α-hetero) is 1. The number of nitrogens with zero attached hydrogens (tertiary/aromatic N) is 2. The lowest BCUT2D eigenvalue weighted by molar-refractivity contribution is 0.101. The van der Waals surface area contributed by atoms with Crippen LogP contribution in [0, 0.1) is 0 Å². The van der Waals surface area contributed by atoms with Crippen LogP contribution < -0.4 is 10.6 Å². The molecule has 0 aliphatic carbocycles. The molecule has 0 saturated carbocycles. The number of rotatable bonds is 5. The molecule has 2 N–H and O–H groups in total. The van der Waals surface area contributed by atoms with Crippen molar-refractivity contribution in [1.82, 2.24) is 9.78 Å². The number of halogens is 1. The second-order valence-electron chi connectivity index (χ2n) is 5.73. The van der Waals surface area contributed by atoms with E-state index in [1.165, 1.54) is 6.92 Å². The fourth-order valence-electron chi connectivity index (χ4n) is 2.43. The van der Waals surface area contributed by atoms with Crippen LogP contribution in [0.2, 0.25) is 5.02 Å². The van der Waals surface area contributed by atoms with Crippen molar-refractivity contribution in [2.24, 2.45) is 0 Å². The summed E-state index contributed by atoms with van der Waals surface area (Å²) in [6, 6.07) is 13.9. The van der Waals surface area contributed by atoms with Crippen molar-refractivity contribution < 1.29 is 9.59 Å². The van der Waals surface area contributed by atoms with Crippen LogP contribution in [0.25, 0.3) is 0 Å². The summed E-state index contributed by atoms with van der Waals surface area (Å²) in [7, 11) is 0. The molecule has 1 aromatic heterocycles. The van der Waals surface area contributed by atoms with E-state index < -0.39 is 6.03 Å². The normalized spacial score (nSPS) is 10.4. The first-order chi connectivity index (χ1) is 12.5. The summed E-state index contributed by atoms with van der Waals surface area (Å²) in [5.41, 5.74) is 2.57. The van der Waals surface area contributed by atoms with Crippen molar-refractivity contribution in [3.05, 3.63) is 77.1 Å². The molecular weight excluding hydrogens is 352 g/mol. The number of ketones is 1. The Kier molecular flexibility index (Phi) is 5.34. The fourth-order valence-corrected chi connectivity index (χ4v) is 2.62. The van der Waals surface area contributed by atoms with Crippen molar-refractivity contribution in [2.75, 3.05) is 10.6 Å². The van der Waals surface area contributed by atoms with Gasteiger partial charge in [0.25, 0.3) is 0 Å². The maximum atomic E-state index is 12.1. The number of anilines is 2. The van der Waals surface area contributed by atoms with Crippen LogP contribution in [-0.4, -0.2) is 21.6 Å². The summed E-state index contributed by atoms with van der Waals surface area (Å²) >= 11 is 6.15. The molecule has 132 valence electrons. The Bertz CT molecular complexity index is 952. The number of carbonyl (C=O) groups is 2. The molecule has 7 heteroatoms. The lowest BCUT2D eigenvalue weighted by Gasteiger charge is -2.07. The number of urea groups is 1. The van der Waals surface area contributed by atoms with E-state index in [0.29, 0.717) is 28.5 Å². The van der Waals surface area contributed by atoms with Crippen molar-refractivity contribution in [2.45, 2.75) is 13.5 Å². The Hall–Kier alpha value is -3.12. The van der Waals surface area contributed by atoms with Crippen LogP contribution in [-0.2, 0) is 6.54 Å². The lowest BCUT2D eigenvalue weighted by atomic mass is 10.1. The molecule has 2 aromatic carbocycles. The minimum absolute atomic E-state index is 0.0603. The number of carbonyl (C=O) groups excluding carboxylic acids is 2. The van der Waals surface area contributed by atoms with Crippen molar-refractivity contribution in [3.8, 4) is 0 Å². The van der Waals surface area contributed by atoms with Gasteiger partial charge in [-0.2, -0.15) is 5.10 Å². The average Bonchev–Trinajstić information content (AvgIpc) is 3.04. The SMILES string of the molecule is CC(=O)c1cccc(NC(=O)Nc2cnn(Cc3ccccc3Cl)c2)c1. The Balaban J connectivity index is 1.62. The first-order valence-corrected chi connectivity index (χ1v) is 8.34. The zero-order valence-corrected chi connectivity index (χ0v) is 14.8.